The number of aromatic nitrogens is 2. The number of hydrogen-bond acceptors (Lipinski definition) is 3. The molecule has 1 aromatic heterocycles. The summed E-state index contributed by atoms with van der Waals surface area (Å²) in [4.78, 5) is 29.3. The highest BCUT2D eigenvalue weighted by Gasteiger charge is 2.34. The zero-order chi connectivity index (χ0) is 20.8. The highest BCUT2D eigenvalue weighted by molar-refractivity contribution is 5.94. The smallest absolute Gasteiger partial charge is 0.274 e. The maximum absolute atomic E-state index is 13.7. The minimum absolute atomic E-state index is 0.148. The summed E-state index contributed by atoms with van der Waals surface area (Å²) in [7, 11) is 0. The van der Waals surface area contributed by atoms with Gasteiger partial charge in [-0.15, -0.1) is 0 Å². The lowest BCUT2D eigenvalue weighted by Crippen LogP contribution is -2.52. The van der Waals surface area contributed by atoms with E-state index in [1.54, 1.807) is 9.58 Å². The Morgan fingerprint density at radius 3 is 2.33 bits per heavy atom. The molecule has 6 nitrogen and oxygen atoms in total. The Labute approximate surface area is 173 Å². The number of fused-ring (bicyclic) bond motifs is 1. The number of benzene rings is 1. The van der Waals surface area contributed by atoms with E-state index in [-0.39, 0.29) is 17.7 Å². The van der Waals surface area contributed by atoms with Crippen molar-refractivity contribution in [1.29, 1.82) is 0 Å². The van der Waals surface area contributed by atoms with Crippen molar-refractivity contribution >= 4 is 11.8 Å². The number of rotatable bonds is 3. The number of carbonyl (C=O) groups excluding carboxylic acids is 2. The van der Waals surface area contributed by atoms with E-state index < -0.39 is 11.6 Å². The molecule has 1 saturated carbocycles. The van der Waals surface area contributed by atoms with Crippen molar-refractivity contribution in [1.82, 2.24) is 19.6 Å². The predicted molar refractivity (Wildman–Crippen MR) is 105 cm³/mol. The molecule has 2 fully saturated rings. The van der Waals surface area contributed by atoms with Gasteiger partial charge in [-0.2, -0.15) is 5.10 Å². The van der Waals surface area contributed by atoms with Gasteiger partial charge < -0.3 is 9.80 Å². The second-order valence-electron chi connectivity index (χ2n) is 8.38. The van der Waals surface area contributed by atoms with Crippen molar-refractivity contribution in [2.45, 2.75) is 38.5 Å². The van der Waals surface area contributed by atoms with E-state index in [9.17, 15) is 18.4 Å². The zero-order valence-corrected chi connectivity index (χ0v) is 16.7. The van der Waals surface area contributed by atoms with Crippen molar-refractivity contribution < 1.29 is 18.4 Å². The first-order valence-corrected chi connectivity index (χ1v) is 10.7. The number of amides is 2. The molecule has 158 valence electrons. The molecule has 0 bridgehead atoms. The summed E-state index contributed by atoms with van der Waals surface area (Å²) in [6.45, 7) is 2.08. The Balaban J connectivity index is 1.35. The van der Waals surface area contributed by atoms with Crippen LogP contribution in [0.4, 0.5) is 8.78 Å². The van der Waals surface area contributed by atoms with Crippen LogP contribution in [0.15, 0.2) is 18.2 Å². The van der Waals surface area contributed by atoms with Gasteiger partial charge in [0.1, 0.15) is 0 Å². The molecule has 2 aromatic rings. The molecule has 0 unspecified atom stereocenters. The van der Waals surface area contributed by atoms with Crippen LogP contribution in [0.1, 0.15) is 47.4 Å². The summed E-state index contributed by atoms with van der Waals surface area (Å²) in [5, 5.41) is 4.51. The molecular weight excluding hydrogens is 390 g/mol. The van der Waals surface area contributed by atoms with Crippen molar-refractivity contribution in [2.75, 3.05) is 26.2 Å². The van der Waals surface area contributed by atoms with Crippen molar-refractivity contribution in [3.8, 4) is 5.69 Å². The summed E-state index contributed by atoms with van der Waals surface area (Å²) >= 11 is 0. The van der Waals surface area contributed by atoms with Gasteiger partial charge in [0.25, 0.3) is 5.91 Å². The minimum Gasteiger partial charge on any atom is -0.339 e. The molecule has 0 atom stereocenters. The molecule has 2 heterocycles. The molecule has 5 rings (SSSR count). The largest absolute Gasteiger partial charge is 0.339 e. The number of carbonyl (C=O) groups is 2. The van der Waals surface area contributed by atoms with Gasteiger partial charge in [0.2, 0.25) is 5.91 Å². The quantitative estimate of drug-likeness (QED) is 0.776. The lowest BCUT2D eigenvalue weighted by molar-refractivity contribution is -0.139. The van der Waals surface area contributed by atoms with Crippen LogP contribution in [0.25, 0.3) is 5.69 Å². The molecule has 0 radical (unpaired) electrons. The number of nitrogens with zero attached hydrogens (tertiary/aromatic N) is 4. The molecule has 3 aliphatic rings. The van der Waals surface area contributed by atoms with Gasteiger partial charge in [0, 0.05) is 49.4 Å². The monoisotopic (exact) mass is 414 g/mol. The second-order valence-corrected chi connectivity index (χ2v) is 8.38. The Morgan fingerprint density at radius 1 is 0.933 bits per heavy atom. The lowest BCUT2D eigenvalue weighted by atomic mass is 9.84. The first-order chi connectivity index (χ1) is 14.5. The fourth-order valence-electron chi connectivity index (χ4n) is 4.63. The highest BCUT2D eigenvalue weighted by Crippen LogP contribution is 2.30. The van der Waals surface area contributed by atoms with E-state index >= 15 is 0 Å². The standard InChI is InChI=1S/C22H24F2N4O2/c23-17-8-7-15(13-18(17)24)28-19-6-2-5-16(19)20(25-28)22(30)27-11-9-26(10-12-27)21(29)14-3-1-4-14/h7-8,13-14H,1-6,9-12H2. The molecule has 0 spiro atoms. The van der Waals surface area contributed by atoms with Gasteiger partial charge in [-0.25, -0.2) is 13.5 Å². The van der Waals surface area contributed by atoms with Crippen molar-refractivity contribution in [3.63, 3.8) is 0 Å². The third kappa shape index (κ3) is 3.18. The number of halogens is 2. The molecule has 30 heavy (non-hydrogen) atoms. The average molecular weight is 414 g/mol. The minimum atomic E-state index is -0.935. The SMILES string of the molecule is O=C(c1nn(-c2ccc(F)c(F)c2)c2c1CCC2)N1CCN(C(=O)C2CCC2)CC1. The number of hydrogen-bond donors (Lipinski definition) is 0. The third-order valence-corrected chi connectivity index (χ3v) is 6.61. The third-order valence-electron chi connectivity index (χ3n) is 6.61. The average Bonchev–Trinajstić information content (AvgIpc) is 3.31. The topological polar surface area (TPSA) is 58.4 Å². The summed E-state index contributed by atoms with van der Waals surface area (Å²) in [6, 6.07) is 3.66. The van der Waals surface area contributed by atoms with E-state index in [1.807, 2.05) is 4.90 Å². The van der Waals surface area contributed by atoms with E-state index in [0.717, 1.165) is 61.9 Å². The molecule has 2 aliphatic carbocycles. The Morgan fingerprint density at radius 2 is 1.67 bits per heavy atom. The van der Waals surface area contributed by atoms with Gasteiger partial charge in [-0.05, 0) is 44.2 Å². The van der Waals surface area contributed by atoms with Crippen LogP contribution in [0.3, 0.4) is 0 Å². The van der Waals surface area contributed by atoms with E-state index in [0.29, 0.717) is 37.6 Å². The van der Waals surface area contributed by atoms with E-state index in [4.69, 9.17) is 0 Å². The molecule has 8 heteroatoms. The maximum atomic E-state index is 13.7. The van der Waals surface area contributed by atoms with Crippen LogP contribution in [0.2, 0.25) is 0 Å². The van der Waals surface area contributed by atoms with Gasteiger partial charge in [0.15, 0.2) is 17.3 Å². The van der Waals surface area contributed by atoms with Crippen LogP contribution >= 0.6 is 0 Å². The lowest BCUT2D eigenvalue weighted by Gasteiger charge is -2.38. The Bertz CT molecular complexity index is 1010. The van der Waals surface area contributed by atoms with Crippen LogP contribution < -0.4 is 0 Å². The van der Waals surface area contributed by atoms with Gasteiger partial charge in [-0.3, -0.25) is 9.59 Å². The van der Waals surface area contributed by atoms with Crippen molar-refractivity contribution in [3.05, 3.63) is 46.8 Å². The number of piperazine rings is 1. The second kappa shape index (κ2) is 7.49. The highest BCUT2D eigenvalue weighted by atomic mass is 19.2. The summed E-state index contributed by atoms with van der Waals surface area (Å²) in [6.07, 6.45) is 5.48. The normalized spacial score (nSPS) is 19.0. The molecule has 1 saturated heterocycles. The molecule has 1 aromatic carbocycles. The van der Waals surface area contributed by atoms with Gasteiger partial charge >= 0.3 is 0 Å². The van der Waals surface area contributed by atoms with Crippen LogP contribution in [-0.4, -0.2) is 57.6 Å². The Hall–Kier alpha value is -2.77. The molecule has 2 amide bonds. The van der Waals surface area contributed by atoms with Crippen LogP contribution in [-0.2, 0) is 17.6 Å². The molecule has 1 aliphatic heterocycles. The van der Waals surface area contributed by atoms with Crippen molar-refractivity contribution in [2.24, 2.45) is 5.92 Å². The first-order valence-electron chi connectivity index (χ1n) is 10.7. The predicted octanol–water partition coefficient (Wildman–Crippen LogP) is 2.72. The van der Waals surface area contributed by atoms with Gasteiger partial charge in [-0.1, -0.05) is 6.42 Å². The van der Waals surface area contributed by atoms with E-state index in [2.05, 4.69) is 5.10 Å². The summed E-state index contributed by atoms with van der Waals surface area (Å²) < 4.78 is 28.7. The summed E-state index contributed by atoms with van der Waals surface area (Å²) in [5.41, 5.74) is 2.61. The fourth-order valence-corrected chi connectivity index (χ4v) is 4.63. The summed E-state index contributed by atoms with van der Waals surface area (Å²) in [5.74, 6) is -1.60. The van der Waals surface area contributed by atoms with Crippen LogP contribution in [0, 0.1) is 17.6 Å². The maximum Gasteiger partial charge on any atom is 0.274 e. The van der Waals surface area contributed by atoms with E-state index in [1.165, 1.54) is 6.07 Å². The van der Waals surface area contributed by atoms with Crippen LogP contribution in [0.5, 0.6) is 0 Å². The first kappa shape index (κ1) is 19.2. The zero-order valence-electron chi connectivity index (χ0n) is 16.7. The molecular formula is C22H24F2N4O2. The Kier molecular flexibility index (Phi) is 4.79. The van der Waals surface area contributed by atoms with Gasteiger partial charge in [0.05, 0.1) is 5.69 Å². The fraction of sp³-hybridized carbons (Fsp3) is 0.500. The molecule has 0 N–H and O–H groups in total.